The maximum Gasteiger partial charge on any atom is 0.335 e. The summed E-state index contributed by atoms with van der Waals surface area (Å²) >= 11 is 0. The summed E-state index contributed by atoms with van der Waals surface area (Å²) in [7, 11) is 0. The van der Waals surface area contributed by atoms with Gasteiger partial charge in [0, 0.05) is 6.08 Å². The molecule has 0 saturated carbocycles. The Hall–Kier alpha value is -1.57. The molecule has 0 radical (unpaired) electrons. The maximum atomic E-state index is 10.3. The molecule has 0 fully saturated rings. The van der Waals surface area contributed by atoms with Gasteiger partial charge in [-0.15, -0.1) is 0 Å². The molecule has 0 unspecified atom stereocenters. The molecule has 66 valence electrons. The summed E-state index contributed by atoms with van der Waals surface area (Å²) in [6.45, 7) is 11.7. The van der Waals surface area contributed by atoms with Crippen molar-refractivity contribution in [2.24, 2.45) is 0 Å². The summed E-state index contributed by atoms with van der Waals surface area (Å²) < 4.78 is 4.32. The molecular formula is C10H14O2. The van der Waals surface area contributed by atoms with Crippen LogP contribution >= 0.6 is 0 Å². The average Bonchev–Trinajstić information content (AvgIpc) is 2.06. The zero-order valence-corrected chi connectivity index (χ0v) is 7.32. The number of rotatable bonds is 3. The van der Waals surface area contributed by atoms with Gasteiger partial charge in [0.05, 0.1) is 6.26 Å². The number of hydrogen-bond donors (Lipinski definition) is 0. The number of hydrogen-bond acceptors (Lipinski definition) is 2. The van der Waals surface area contributed by atoms with Crippen LogP contribution in [0.4, 0.5) is 0 Å². The summed E-state index contributed by atoms with van der Waals surface area (Å²) in [6, 6.07) is 0. The Labute approximate surface area is 73.5 Å². The fraction of sp³-hybridized carbons (Fsp3) is 0.100. The van der Waals surface area contributed by atoms with Gasteiger partial charge in [-0.1, -0.05) is 38.0 Å². The fourth-order valence-corrected chi connectivity index (χ4v) is 0.257. The van der Waals surface area contributed by atoms with Crippen molar-refractivity contribution in [2.75, 3.05) is 0 Å². The van der Waals surface area contributed by atoms with E-state index in [4.69, 9.17) is 0 Å². The van der Waals surface area contributed by atoms with E-state index in [0.29, 0.717) is 0 Å². The van der Waals surface area contributed by atoms with Crippen molar-refractivity contribution in [3.63, 3.8) is 0 Å². The molecular weight excluding hydrogens is 152 g/mol. The Kier molecular flexibility index (Phi) is 13.2. The number of carbonyl (C=O) groups excluding carboxylic acids is 1. The Morgan fingerprint density at radius 3 is 2.00 bits per heavy atom. The largest absolute Gasteiger partial charge is 0.432 e. The molecule has 12 heavy (non-hydrogen) atoms. The lowest BCUT2D eigenvalue weighted by molar-refractivity contribution is -0.132. The first-order chi connectivity index (χ1) is 5.72. The van der Waals surface area contributed by atoms with Gasteiger partial charge in [-0.3, -0.25) is 0 Å². The molecule has 2 heteroatoms. The van der Waals surface area contributed by atoms with E-state index in [-0.39, 0.29) is 5.97 Å². The van der Waals surface area contributed by atoms with Crippen molar-refractivity contribution in [3.05, 3.63) is 50.3 Å². The standard InChI is InChI=1S/C6H8O2.C4H6/c1-3-5-6(7)8-4-2;1-3-4-2/h3-5H,2H2,1H3;3-4H,1-2H2. The molecule has 0 heterocycles. The van der Waals surface area contributed by atoms with Gasteiger partial charge in [0.15, 0.2) is 0 Å². The number of esters is 1. The normalized spacial score (nSPS) is 7.75. The average molecular weight is 166 g/mol. The van der Waals surface area contributed by atoms with Gasteiger partial charge in [0.25, 0.3) is 0 Å². The highest BCUT2D eigenvalue weighted by molar-refractivity contribution is 5.82. The number of allylic oxidation sites excluding steroid dienone is 3. The third-order valence-electron chi connectivity index (χ3n) is 0.669. The van der Waals surface area contributed by atoms with Crippen LogP contribution in [0.15, 0.2) is 50.3 Å². The summed E-state index contributed by atoms with van der Waals surface area (Å²) in [5.41, 5.74) is 0. The van der Waals surface area contributed by atoms with Crippen LogP contribution in [0.1, 0.15) is 6.92 Å². The minimum atomic E-state index is -0.387. The topological polar surface area (TPSA) is 26.3 Å². The van der Waals surface area contributed by atoms with Crippen molar-refractivity contribution < 1.29 is 9.53 Å². The van der Waals surface area contributed by atoms with Crippen LogP contribution < -0.4 is 0 Å². The van der Waals surface area contributed by atoms with E-state index in [1.807, 2.05) is 0 Å². The Bertz CT molecular complexity index is 172. The number of ether oxygens (including phenoxy) is 1. The van der Waals surface area contributed by atoms with Crippen LogP contribution in [-0.4, -0.2) is 5.97 Å². The Balaban J connectivity index is 0. The van der Waals surface area contributed by atoms with Gasteiger partial charge in [-0.05, 0) is 6.92 Å². The van der Waals surface area contributed by atoms with E-state index in [2.05, 4.69) is 24.5 Å². The molecule has 0 atom stereocenters. The molecule has 0 aliphatic heterocycles. The van der Waals surface area contributed by atoms with Gasteiger partial charge < -0.3 is 4.74 Å². The van der Waals surface area contributed by atoms with Crippen LogP contribution in [0.3, 0.4) is 0 Å². The molecule has 0 aliphatic rings. The van der Waals surface area contributed by atoms with E-state index in [9.17, 15) is 4.79 Å². The summed E-state index contributed by atoms with van der Waals surface area (Å²) in [6.07, 6.45) is 7.30. The Morgan fingerprint density at radius 2 is 1.75 bits per heavy atom. The second kappa shape index (κ2) is 12.1. The van der Waals surface area contributed by atoms with Crippen molar-refractivity contribution in [1.82, 2.24) is 0 Å². The smallest absolute Gasteiger partial charge is 0.335 e. The van der Waals surface area contributed by atoms with Crippen LogP contribution in [0.2, 0.25) is 0 Å². The van der Waals surface area contributed by atoms with Gasteiger partial charge in [0.1, 0.15) is 0 Å². The van der Waals surface area contributed by atoms with Crippen LogP contribution in [-0.2, 0) is 9.53 Å². The maximum absolute atomic E-state index is 10.3. The van der Waals surface area contributed by atoms with Gasteiger partial charge in [-0.2, -0.15) is 0 Å². The zero-order chi connectivity index (χ0) is 9.82. The van der Waals surface area contributed by atoms with E-state index in [1.54, 1.807) is 25.2 Å². The molecule has 0 aliphatic carbocycles. The lowest BCUT2D eigenvalue weighted by Crippen LogP contribution is -1.91. The summed E-state index contributed by atoms with van der Waals surface area (Å²) in [5, 5.41) is 0. The van der Waals surface area contributed by atoms with Gasteiger partial charge in [0.2, 0.25) is 0 Å². The highest BCUT2D eigenvalue weighted by Crippen LogP contribution is 1.78. The molecule has 0 N–H and O–H groups in total. The predicted octanol–water partition coefficient (Wildman–Crippen LogP) is 2.61. The predicted molar refractivity (Wildman–Crippen MR) is 51.5 cm³/mol. The molecule has 0 aromatic heterocycles. The third-order valence-corrected chi connectivity index (χ3v) is 0.669. The first-order valence-electron chi connectivity index (χ1n) is 3.40. The van der Waals surface area contributed by atoms with Gasteiger partial charge in [-0.25, -0.2) is 4.79 Å². The highest BCUT2D eigenvalue weighted by atomic mass is 16.5. The van der Waals surface area contributed by atoms with Crippen LogP contribution in [0.25, 0.3) is 0 Å². The van der Waals surface area contributed by atoms with Crippen LogP contribution in [0.5, 0.6) is 0 Å². The second-order valence-corrected chi connectivity index (χ2v) is 1.57. The summed E-state index contributed by atoms with van der Waals surface area (Å²) in [4.78, 5) is 10.3. The van der Waals surface area contributed by atoms with E-state index in [1.165, 1.54) is 6.08 Å². The van der Waals surface area contributed by atoms with Crippen molar-refractivity contribution in [1.29, 1.82) is 0 Å². The minimum absolute atomic E-state index is 0.387. The monoisotopic (exact) mass is 166 g/mol. The molecule has 0 spiro atoms. The first kappa shape index (κ1) is 13.1. The third kappa shape index (κ3) is 15.8. The lowest BCUT2D eigenvalue weighted by Gasteiger charge is -1.86. The van der Waals surface area contributed by atoms with Crippen molar-refractivity contribution >= 4 is 5.97 Å². The molecule has 2 nitrogen and oxygen atoms in total. The molecule has 0 saturated heterocycles. The van der Waals surface area contributed by atoms with Crippen molar-refractivity contribution in [3.8, 4) is 0 Å². The first-order valence-corrected chi connectivity index (χ1v) is 3.40. The Morgan fingerprint density at radius 1 is 1.25 bits per heavy atom. The summed E-state index contributed by atoms with van der Waals surface area (Å²) in [5.74, 6) is -0.387. The second-order valence-electron chi connectivity index (χ2n) is 1.57. The van der Waals surface area contributed by atoms with Gasteiger partial charge >= 0.3 is 5.97 Å². The van der Waals surface area contributed by atoms with Crippen LogP contribution in [0, 0.1) is 0 Å². The minimum Gasteiger partial charge on any atom is -0.432 e. The molecule has 0 rings (SSSR count). The van der Waals surface area contributed by atoms with E-state index < -0.39 is 0 Å². The SMILES string of the molecule is C=CC=C.C=COC(=O)C=CC. The lowest BCUT2D eigenvalue weighted by atomic mass is 10.5. The van der Waals surface area contributed by atoms with Crippen molar-refractivity contribution in [2.45, 2.75) is 6.92 Å². The highest BCUT2D eigenvalue weighted by Gasteiger charge is 1.86. The molecule has 0 aromatic carbocycles. The quantitative estimate of drug-likeness (QED) is 0.279. The number of carbonyl (C=O) groups is 1. The fourth-order valence-electron chi connectivity index (χ4n) is 0.257. The van der Waals surface area contributed by atoms with E-state index >= 15 is 0 Å². The molecule has 0 aromatic rings. The molecule has 0 bridgehead atoms. The van der Waals surface area contributed by atoms with E-state index in [0.717, 1.165) is 6.26 Å². The zero-order valence-electron chi connectivity index (χ0n) is 7.32. The molecule has 0 amide bonds.